The highest BCUT2D eigenvalue weighted by Crippen LogP contribution is 2.27. The largest absolute Gasteiger partial charge is 0.354 e. The zero-order chi connectivity index (χ0) is 18.7. The van der Waals surface area contributed by atoms with Crippen LogP contribution in [0.5, 0.6) is 0 Å². The Labute approximate surface area is 155 Å². The van der Waals surface area contributed by atoms with Crippen molar-refractivity contribution in [1.29, 1.82) is 5.26 Å². The zero-order valence-electron chi connectivity index (χ0n) is 15.6. The molecule has 0 spiro atoms. The highest BCUT2D eigenvalue weighted by atomic mass is 32.2. The predicted molar refractivity (Wildman–Crippen MR) is 101 cm³/mol. The first-order valence-corrected chi connectivity index (χ1v) is 11.3. The normalized spacial score (nSPS) is 21.5. The lowest BCUT2D eigenvalue weighted by molar-refractivity contribution is 0.182. The number of rotatable bonds is 4. The summed E-state index contributed by atoms with van der Waals surface area (Å²) in [6.45, 7) is 7.02. The number of hydrogen-bond acceptors (Lipinski definition) is 7. The maximum atomic E-state index is 11.6. The van der Waals surface area contributed by atoms with Crippen LogP contribution in [0.4, 0.5) is 5.82 Å². The number of piperidine rings is 1. The summed E-state index contributed by atoms with van der Waals surface area (Å²) in [4.78, 5) is 4.48. The third kappa shape index (κ3) is 3.84. The van der Waals surface area contributed by atoms with Gasteiger partial charge in [-0.1, -0.05) is 13.8 Å². The molecule has 0 unspecified atom stereocenters. The highest BCUT2D eigenvalue weighted by Gasteiger charge is 2.31. The van der Waals surface area contributed by atoms with Crippen LogP contribution in [0, 0.1) is 11.3 Å². The second-order valence-corrected chi connectivity index (χ2v) is 9.35. The molecule has 2 fully saturated rings. The molecule has 7 nitrogen and oxygen atoms in total. The highest BCUT2D eigenvalue weighted by molar-refractivity contribution is 7.91. The predicted octanol–water partition coefficient (Wildman–Crippen LogP) is 1.17. The van der Waals surface area contributed by atoms with Crippen molar-refractivity contribution in [1.82, 2.24) is 15.1 Å². The maximum Gasteiger partial charge on any atom is 0.169 e. The number of sulfone groups is 1. The topological polar surface area (TPSA) is 90.2 Å². The van der Waals surface area contributed by atoms with Crippen LogP contribution < -0.4 is 4.90 Å². The maximum absolute atomic E-state index is 11.6. The van der Waals surface area contributed by atoms with Crippen LogP contribution in [-0.4, -0.2) is 67.2 Å². The molecular weight excluding hydrogens is 350 g/mol. The zero-order valence-corrected chi connectivity index (χ0v) is 16.4. The summed E-state index contributed by atoms with van der Waals surface area (Å²) in [6, 6.07) is 2.77. The summed E-state index contributed by atoms with van der Waals surface area (Å²) in [5.74, 6) is 1.26. The van der Waals surface area contributed by atoms with Gasteiger partial charge in [0.05, 0.1) is 17.2 Å². The van der Waals surface area contributed by atoms with Crippen molar-refractivity contribution in [3.05, 3.63) is 16.8 Å². The van der Waals surface area contributed by atoms with Crippen molar-refractivity contribution in [2.45, 2.75) is 45.6 Å². The number of aromatic nitrogens is 2. The van der Waals surface area contributed by atoms with Gasteiger partial charge in [-0.3, -0.25) is 4.90 Å². The van der Waals surface area contributed by atoms with Crippen LogP contribution in [0.25, 0.3) is 0 Å². The Hall–Kier alpha value is -1.72. The van der Waals surface area contributed by atoms with Crippen molar-refractivity contribution in [2.75, 3.05) is 42.6 Å². The van der Waals surface area contributed by atoms with Crippen LogP contribution >= 0.6 is 0 Å². The lowest BCUT2D eigenvalue weighted by Crippen LogP contribution is -2.50. The molecule has 2 aliphatic heterocycles. The lowest BCUT2D eigenvalue weighted by Gasteiger charge is -2.40. The van der Waals surface area contributed by atoms with Gasteiger partial charge in [0.25, 0.3) is 0 Å². The summed E-state index contributed by atoms with van der Waals surface area (Å²) in [5.41, 5.74) is 2.60. The molecule has 26 heavy (non-hydrogen) atoms. The molecule has 2 saturated heterocycles. The van der Waals surface area contributed by atoms with E-state index in [0.717, 1.165) is 50.0 Å². The van der Waals surface area contributed by atoms with E-state index < -0.39 is 9.84 Å². The van der Waals surface area contributed by atoms with Gasteiger partial charge in [-0.2, -0.15) is 10.4 Å². The molecule has 0 N–H and O–H groups in total. The Morgan fingerprint density at radius 3 is 2.27 bits per heavy atom. The van der Waals surface area contributed by atoms with Crippen LogP contribution in [0.2, 0.25) is 0 Å². The first-order chi connectivity index (χ1) is 12.5. The van der Waals surface area contributed by atoms with E-state index in [-0.39, 0.29) is 11.5 Å². The molecule has 0 saturated carbocycles. The molecule has 142 valence electrons. The number of aryl methyl sites for hydroxylation is 1. The molecule has 0 amide bonds. The third-order valence-electron chi connectivity index (χ3n) is 5.60. The van der Waals surface area contributed by atoms with Crippen molar-refractivity contribution in [2.24, 2.45) is 0 Å². The van der Waals surface area contributed by atoms with Gasteiger partial charge in [0.2, 0.25) is 0 Å². The van der Waals surface area contributed by atoms with E-state index in [0.29, 0.717) is 30.5 Å². The van der Waals surface area contributed by atoms with Crippen molar-refractivity contribution >= 4 is 15.7 Å². The van der Waals surface area contributed by atoms with Crippen LogP contribution in [0.15, 0.2) is 0 Å². The first-order valence-electron chi connectivity index (χ1n) is 9.47. The molecule has 3 rings (SSSR count). The molecule has 0 aliphatic carbocycles. The Bertz CT molecular complexity index is 781. The Kier molecular flexibility index (Phi) is 5.78. The van der Waals surface area contributed by atoms with E-state index >= 15 is 0 Å². The van der Waals surface area contributed by atoms with E-state index in [4.69, 9.17) is 0 Å². The van der Waals surface area contributed by atoms with Gasteiger partial charge in [0.15, 0.2) is 15.7 Å². The van der Waals surface area contributed by atoms with Gasteiger partial charge in [0.1, 0.15) is 11.6 Å². The van der Waals surface area contributed by atoms with Gasteiger partial charge in [-0.05, 0) is 31.2 Å². The number of hydrogen-bond donors (Lipinski definition) is 0. The molecule has 0 aromatic carbocycles. The molecule has 1 aromatic heterocycles. The average molecular weight is 378 g/mol. The molecule has 0 bridgehead atoms. The van der Waals surface area contributed by atoms with Crippen LogP contribution in [0.3, 0.4) is 0 Å². The van der Waals surface area contributed by atoms with Gasteiger partial charge in [-0.25, -0.2) is 8.42 Å². The Balaban J connectivity index is 1.70. The fourth-order valence-corrected chi connectivity index (χ4v) is 5.27. The van der Waals surface area contributed by atoms with E-state index in [1.807, 2.05) is 6.92 Å². The number of nitriles is 1. The molecular formula is C18H27N5O2S. The van der Waals surface area contributed by atoms with E-state index in [1.165, 1.54) is 0 Å². The van der Waals surface area contributed by atoms with Gasteiger partial charge in [0, 0.05) is 32.2 Å². The van der Waals surface area contributed by atoms with Gasteiger partial charge >= 0.3 is 0 Å². The molecule has 8 heteroatoms. The van der Waals surface area contributed by atoms with Crippen molar-refractivity contribution in [3.63, 3.8) is 0 Å². The Morgan fingerprint density at radius 1 is 1.08 bits per heavy atom. The minimum atomic E-state index is -2.84. The summed E-state index contributed by atoms with van der Waals surface area (Å²) in [5, 5.41) is 18.4. The Morgan fingerprint density at radius 2 is 1.73 bits per heavy atom. The van der Waals surface area contributed by atoms with Gasteiger partial charge in [-0.15, -0.1) is 5.10 Å². The number of anilines is 1. The first kappa shape index (κ1) is 19.1. The molecule has 2 aliphatic rings. The standard InChI is InChI=1S/C18H27N5O2S/c1-3-15-16(13-19)18(21-20-17(15)4-2)23-7-5-14(6-8-23)22-9-11-26(24,25)12-10-22/h14H,3-12H2,1-2H3. The summed E-state index contributed by atoms with van der Waals surface area (Å²) in [6.07, 6.45) is 3.49. The monoisotopic (exact) mass is 377 g/mol. The third-order valence-corrected chi connectivity index (χ3v) is 7.21. The van der Waals surface area contributed by atoms with Crippen molar-refractivity contribution < 1.29 is 8.42 Å². The smallest absolute Gasteiger partial charge is 0.169 e. The van der Waals surface area contributed by atoms with E-state index in [2.05, 4.69) is 33.0 Å². The second-order valence-electron chi connectivity index (χ2n) is 7.05. The molecule has 0 radical (unpaired) electrons. The van der Waals surface area contributed by atoms with E-state index in [9.17, 15) is 13.7 Å². The summed E-state index contributed by atoms with van der Waals surface area (Å²) >= 11 is 0. The quantitative estimate of drug-likeness (QED) is 0.778. The second kappa shape index (κ2) is 7.89. The fraction of sp³-hybridized carbons (Fsp3) is 0.722. The van der Waals surface area contributed by atoms with Crippen LogP contribution in [-0.2, 0) is 22.7 Å². The SMILES string of the molecule is CCc1nnc(N2CCC(N3CCS(=O)(=O)CC3)CC2)c(C#N)c1CC. The summed E-state index contributed by atoms with van der Waals surface area (Å²) < 4.78 is 23.2. The minimum Gasteiger partial charge on any atom is -0.354 e. The van der Waals surface area contributed by atoms with Crippen molar-refractivity contribution in [3.8, 4) is 6.07 Å². The minimum absolute atomic E-state index is 0.273. The molecule has 1 aromatic rings. The lowest BCUT2D eigenvalue weighted by atomic mass is 10.00. The summed E-state index contributed by atoms with van der Waals surface area (Å²) in [7, 11) is -2.84. The van der Waals surface area contributed by atoms with Crippen LogP contribution in [0.1, 0.15) is 43.5 Å². The van der Waals surface area contributed by atoms with Gasteiger partial charge < -0.3 is 4.90 Å². The number of nitrogens with zero attached hydrogens (tertiary/aromatic N) is 5. The average Bonchev–Trinajstić information content (AvgIpc) is 2.66. The fourth-order valence-electron chi connectivity index (χ4n) is 4.04. The van der Waals surface area contributed by atoms with E-state index in [1.54, 1.807) is 0 Å². The molecule has 0 atom stereocenters. The molecule has 3 heterocycles.